The molecule has 2 fully saturated rings. The lowest BCUT2D eigenvalue weighted by Crippen LogP contribution is -2.63. The van der Waals surface area contributed by atoms with E-state index in [1.54, 1.807) is 12.1 Å². The first-order chi connectivity index (χ1) is 12.0. The zero-order chi connectivity index (χ0) is 17.9. The molecule has 136 valence electrons. The number of carbonyl (C=O) groups is 2. The van der Waals surface area contributed by atoms with Gasteiger partial charge in [0.05, 0.1) is 5.54 Å². The van der Waals surface area contributed by atoms with E-state index in [1.807, 2.05) is 16.7 Å². The van der Waals surface area contributed by atoms with Crippen molar-refractivity contribution in [3.8, 4) is 0 Å². The zero-order valence-corrected chi connectivity index (χ0v) is 14.8. The first-order valence-corrected chi connectivity index (χ1v) is 9.12. The molecule has 1 spiro atoms. The third kappa shape index (κ3) is 3.78. The molecule has 2 aliphatic heterocycles. The number of hydrogen-bond donors (Lipinski definition) is 1. The van der Waals surface area contributed by atoms with Crippen LogP contribution in [0.25, 0.3) is 0 Å². The van der Waals surface area contributed by atoms with Crippen molar-refractivity contribution in [2.75, 3.05) is 19.6 Å². The average Bonchev–Trinajstić information content (AvgIpc) is 2.60. The van der Waals surface area contributed by atoms with Gasteiger partial charge in [0.2, 0.25) is 5.91 Å². The monoisotopic (exact) mass is 347 g/mol. The van der Waals surface area contributed by atoms with Gasteiger partial charge in [0, 0.05) is 32.6 Å². The summed E-state index contributed by atoms with van der Waals surface area (Å²) in [5.41, 5.74) is 0.529. The number of benzene rings is 1. The summed E-state index contributed by atoms with van der Waals surface area (Å²) in [5.74, 6) is -0.0984. The van der Waals surface area contributed by atoms with E-state index in [0.717, 1.165) is 31.2 Å². The summed E-state index contributed by atoms with van der Waals surface area (Å²) in [6.07, 6.45) is 4.33. The van der Waals surface area contributed by atoms with Crippen LogP contribution in [0, 0.1) is 5.82 Å². The summed E-state index contributed by atoms with van der Waals surface area (Å²) < 4.78 is 13.2. The maximum Gasteiger partial charge on any atom is 0.317 e. The predicted octanol–water partition coefficient (Wildman–Crippen LogP) is 2.90. The van der Waals surface area contributed by atoms with Crippen LogP contribution in [-0.4, -0.2) is 46.9 Å². The Balaban J connectivity index is 1.64. The number of nitrogens with zero attached hydrogens (tertiary/aromatic N) is 2. The second kappa shape index (κ2) is 7.42. The molecule has 3 rings (SSSR count). The summed E-state index contributed by atoms with van der Waals surface area (Å²) in [4.78, 5) is 28.7. The van der Waals surface area contributed by atoms with Crippen molar-refractivity contribution in [3.05, 3.63) is 35.6 Å². The number of carbonyl (C=O) groups excluding carboxylic acids is 2. The lowest BCUT2D eigenvalue weighted by atomic mass is 9.79. The van der Waals surface area contributed by atoms with Gasteiger partial charge in [-0.3, -0.25) is 4.79 Å². The number of hydrogen-bond acceptors (Lipinski definition) is 2. The molecule has 1 aromatic carbocycles. The summed E-state index contributed by atoms with van der Waals surface area (Å²) in [6, 6.07) is 6.10. The molecule has 2 heterocycles. The van der Waals surface area contributed by atoms with Crippen LogP contribution in [0.3, 0.4) is 0 Å². The molecule has 3 amide bonds. The maximum atomic E-state index is 13.2. The van der Waals surface area contributed by atoms with E-state index in [9.17, 15) is 14.0 Å². The minimum absolute atomic E-state index is 0.141. The van der Waals surface area contributed by atoms with Gasteiger partial charge in [0.25, 0.3) is 0 Å². The molecular weight excluding hydrogens is 321 g/mol. The highest BCUT2D eigenvalue weighted by Gasteiger charge is 2.45. The Morgan fingerprint density at radius 1 is 1.32 bits per heavy atom. The van der Waals surface area contributed by atoms with Crippen LogP contribution in [-0.2, 0) is 11.3 Å². The summed E-state index contributed by atoms with van der Waals surface area (Å²) >= 11 is 0. The van der Waals surface area contributed by atoms with E-state index < -0.39 is 0 Å². The van der Waals surface area contributed by atoms with Gasteiger partial charge >= 0.3 is 6.03 Å². The van der Waals surface area contributed by atoms with Gasteiger partial charge in [-0.15, -0.1) is 0 Å². The number of rotatable bonds is 3. The lowest BCUT2D eigenvalue weighted by molar-refractivity contribution is -0.144. The smallest absolute Gasteiger partial charge is 0.317 e. The molecule has 1 N–H and O–H groups in total. The van der Waals surface area contributed by atoms with Crippen molar-refractivity contribution in [3.63, 3.8) is 0 Å². The number of urea groups is 1. The van der Waals surface area contributed by atoms with Crippen LogP contribution in [0.15, 0.2) is 24.3 Å². The average molecular weight is 347 g/mol. The highest BCUT2D eigenvalue weighted by Crippen LogP contribution is 2.36. The molecule has 2 saturated heterocycles. The Labute approximate surface area is 148 Å². The second-order valence-corrected chi connectivity index (χ2v) is 7.03. The van der Waals surface area contributed by atoms with Gasteiger partial charge in [-0.25, -0.2) is 9.18 Å². The Kier molecular flexibility index (Phi) is 5.25. The van der Waals surface area contributed by atoms with Crippen LogP contribution in [0.2, 0.25) is 0 Å². The predicted molar refractivity (Wildman–Crippen MR) is 93.4 cm³/mol. The molecule has 0 radical (unpaired) electrons. The Morgan fingerprint density at radius 2 is 2.12 bits per heavy atom. The first kappa shape index (κ1) is 17.7. The van der Waals surface area contributed by atoms with Crippen molar-refractivity contribution in [2.45, 2.75) is 51.1 Å². The summed E-state index contributed by atoms with van der Waals surface area (Å²) in [7, 11) is 0. The van der Waals surface area contributed by atoms with Gasteiger partial charge in [-0.2, -0.15) is 0 Å². The van der Waals surface area contributed by atoms with Crippen molar-refractivity contribution in [1.29, 1.82) is 0 Å². The molecule has 6 heteroatoms. The van der Waals surface area contributed by atoms with Crippen LogP contribution in [0.1, 0.15) is 44.6 Å². The highest BCUT2D eigenvalue weighted by atomic mass is 19.1. The topological polar surface area (TPSA) is 52.7 Å². The molecule has 0 aromatic heterocycles. The largest absolute Gasteiger partial charge is 0.336 e. The third-order valence-corrected chi connectivity index (χ3v) is 5.40. The number of amides is 3. The quantitative estimate of drug-likeness (QED) is 0.914. The summed E-state index contributed by atoms with van der Waals surface area (Å²) in [5, 5.41) is 2.88. The van der Waals surface area contributed by atoms with E-state index in [-0.39, 0.29) is 23.3 Å². The Morgan fingerprint density at radius 3 is 2.88 bits per heavy atom. The second-order valence-electron chi connectivity index (χ2n) is 7.03. The number of likely N-dealkylation sites (N-methyl/N-ethyl adjacent to an activating group) is 1. The molecule has 1 aromatic rings. The SMILES string of the molecule is CCN1C(=O)CCC[C@@]12CCCN(C(=O)NCc1cccc(F)c1)C2. The lowest BCUT2D eigenvalue weighted by Gasteiger charge is -2.51. The molecule has 2 aliphatic rings. The van der Waals surface area contributed by atoms with Crippen LogP contribution < -0.4 is 5.32 Å². The standard InChI is InChI=1S/C19H26FN3O2/c1-2-23-17(24)8-4-9-19(23)10-5-11-22(14-19)18(25)21-13-15-6-3-7-16(20)12-15/h3,6-7,12H,2,4-5,8-11,13-14H2,1H3,(H,21,25)/t19-/m0/s1. The fraction of sp³-hybridized carbons (Fsp3) is 0.579. The van der Waals surface area contributed by atoms with Gasteiger partial charge in [0.15, 0.2) is 0 Å². The van der Waals surface area contributed by atoms with E-state index in [0.29, 0.717) is 32.6 Å². The molecule has 0 unspecified atom stereocenters. The Bertz CT molecular complexity index is 647. The van der Waals surface area contributed by atoms with Crippen molar-refractivity contribution >= 4 is 11.9 Å². The van der Waals surface area contributed by atoms with Crippen LogP contribution in [0.5, 0.6) is 0 Å². The molecule has 0 bridgehead atoms. The van der Waals surface area contributed by atoms with Gasteiger partial charge in [-0.1, -0.05) is 12.1 Å². The van der Waals surface area contributed by atoms with E-state index in [2.05, 4.69) is 5.32 Å². The van der Waals surface area contributed by atoms with E-state index in [1.165, 1.54) is 12.1 Å². The minimum Gasteiger partial charge on any atom is -0.336 e. The molecule has 1 atom stereocenters. The third-order valence-electron chi connectivity index (χ3n) is 5.40. The Hall–Kier alpha value is -2.11. The highest BCUT2D eigenvalue weighted by molar-refractivity contribution is 5.79. The maximum absolute atomic E-state index is 13.2. The molecular formula is C19H26FN3O2. The van der Waals surface area contributed by atoms with Crippen molar-refractivity contribution in [2.24, 2.45) is 0 Å². The summed E-state index contributed by atoms with van der Waals surface area (Å²) in [6.45, 7) is 4.28. The first-order valence-electron chi connectivity index (χ1n) is 9.12. The zero-order valence-electron chi connectivity index (χ0n) is 14.8. The molecule has 0 aliphatic carbocycles. The van der Waals surface area contributed by atoms with Crippen LogP contribution in [0.4, 0.5) is 9.18 Å². The number of nitrogens with one attached hydrogen (secondary N) is 1. The van der Waals surface area contributed by atoms with E-state index in [4.69, 9.17) is 0 Å². The van der Waals surface area contributed by atoms with Gasteiger partial charge in [-0.05, 0) is 50.3 Å². The fourth-order valence-corrected chi connectivity index (χ4v) is 4.26. The number of piperidine rings is 2. The van der Waals surface area contributed by atoms with E-state index >= 15 is 0 Å². The number of halogens is 1. The minimum atomic E-state index is -0.303. The van der Waals surface area contributed by atoms with Crippen LogP contribution >= 0.6 is 0 Å². The van der Waals surface area contributed by atoms with Gasteiger partial charge < -0.3 is 15.1 Å². The molecule has 0 saturated carbocycles. The molecule has 5 nitrogen and oxygen atoms in total. The number of likely N-dealkylation sites (tertiary alicyclic amines) is 2. The van der Waals surface area contributed by atoms with Gasteiger partial charge in [0.1, 0.15) is 5.82 Å². The molecule has 25 heavy (non-hydrogen) atoms. The van der Waals surface area contributed by atoms with Crippen molar-refractivity contribution in [1.82, 2.24) is 15.1 Å². The van der Waals surface area contributed by atoms with Crippen molar-refractivity contribution < 1.29 is 14.0 Å². The fourth-order valence-electron chi connectivity index (χ4n) is 4.26. The normalized spacial score (nSPS) is 23.8.